The van der Waals surface area contributed by atoms with Crippen LogP contribution in [-0.4, -0.2) is 32.8 Å². The molecule has 0 spiro atoms. The number of carboxylic acids is 1. The van der Waals surface area contributed by atoms with Gasteiger partial charge in [0, 0.05) is 24.5 Å². The van der Waals surface area contributed by atoms with Crippen LogP contribution in [0.25, 0.3) is 0 Å². The molecule has 0 aromatic carbocycles. The molecule has 0 amide bonds. The standard InChI is InChI=1S/C11H16N2O3S/c1-7(5-10(14)15)4-9-12-13-11(16-9)8-2-3-17-6-8/h7-8H,2-6H2,1H3,(H,14,15). The molecule has 2 rings (SSSR count). The first kappa shape index (κ1) is 12.4. The van der Waals surface area contributed by atoms with Crippen molar-refractivity contribution in [2.24, 2.45) is 5.92 Å². The predicted octanol–water partition coefficient (Wildman–Crippen LogP) is 1.94. The van der Waals surface area contributed by atoms with E-state index in [1.165, 1.54) is 0 Å². The molecule has 2 unspecified atom stereocenters. The summed E-state index contributed by atoms with van der Waals surface area (Å²) in [6.07, 6.45) is 1.77. The molecule has 1 fully saturated rings. The minimum absolute atomic E-state index is 0.0266. The van der Waals surface area contributed by atoms with Crippen LogP contribution in [0.5, 0.6) is 0 Å². The molecule has 0 radical (unpaired) electrons. The van der Waals surface area contributed by atoms with E-state index in [9.17, 15) is 4.79 Å². The minimum Gasteiger partial charge on any atom is -0.481 e. The van der Waals surface area contributed by atoms with E-state index in [4.69, 9.17) is 9.52 Å². The molecule has 17 heavy (non-hydrogen) atoms. The summed E-state index contributed by atoms with van der Waals surface area (Å²) in [6.45, 7) is 1.88. The van der Waals surface area contributed by atoms with Crippen LogP contribution in [0.1, 0.15) is 37.5 Å². The van der Waals surface area contributed by atoms with Crippen LogP contribution >= 0.6 is 11.8 Å². The summed E-state index contributed by atoms with van der Waals surface area (Å²) in [5, 5.41) is 16.7. The summed E-state index contributed by atoms with van der Waals surface area (Å²) in [4.78, 5) is 10.5. The number of hydrogen-bond acceptors (Lipinski definition) is 5. The minimum atomic E-state index is -0.788. The molecule has 2 heterocycles. The number of rotatable bonds is 5. The number of aliphatic carboxylic acids is 1. The summed E-state index contributed by atoms with van der Waals surface area (Å²) in [5.41, 5.74) is 0. The van der Waals surface area contributed by atoms with Crippen molar-refractivity contribution in [3.63, 3.8) is 0 Å². The van der Waals surface area contributed by atoms with E-state index >= 15 is 0 Å². The molecular weight excluding hydrogens is 240 g/mol. The average molecular weight is 256 g/mol. The maximum atomic E-state index is 10.5. The zero-order valence-corrected chi connectivity index (χ0v) is 10.6. The monoisotopic (exact) mass is 256 g/mol. The van der Waals surface area contributed by atoms with Gasteiger partial charge in [-0.15, -0.1) is 10.2 Å². The average Bonchev–Trinajstić information content (AvgIpc) is 2.84. The molecule has 1 aliphatic heterocycles. The van der Waals surface area contributed by atoms with Gasteiger partial charge < -0.3 is 9.52 Å². The van der Waals surface area contributed by atoms with Gasteiger partial charge in [0.1, 0.15) is 0 Å². The van der Waals surface area contributed by atoms with E-state index in [2.05, 4.69) is 10.2 Å². The summed E-state index contributed by atoms with van der Waals surface area (Å²) < 4.78 is 5.59. The smallest absolute Gasteiger partial charge is 0.303 e. The molecular formula is C11H16N2O3S. The lowest BCUT2D eigenvalue weighted by atomic mass is 10.0. The number of aromatic nitrogens is 2. The van der Waals surface area contributed by atoms with Gasteiger partial charge in [-0.2, -0.15) is 11.8 Å². The van der Waals surface area contributed by atoms with E-state index in [0.29, 0.717) is 24.1 Å². The highest BCUT2D eigenvalue weighted by Gasteiger charge is 2.23. The Morgan fingerprint density at radius 2 is 2.47 bits per heavy atom. The second-order valence-corrected chi connectivity index (χ2v) is 5.65. The topological polar surface area (TPSA) is 76.2 Å². The van der Waals surface area contributed by atoms with Crippen molar-refractivity contribution in [1.82, 2.24) is 10.2 Å². The first-order valence-corrected chi connectivity index (χ1v) is 6.92. The lowest BCUT2D eigenvalue weighted by Crippen LogP contribution is -2.07. The maximum absolute atomic E-state index is 10.5. The number of nitrogens with zero attached hydrogens (tertiary/aromatic N) is 2. The van der Waals surface area contributed by atoms with E-state index in [1.54, 1.807) is 0 Å². The Kier molecular flexibility index (Phi) is 4.04. The quantitative estimate of drug-likeness (QED) is 0.867. The first-order chi connectivity index (χ1) is 8.15. The van der Waals surface area contributed by atoms with E-state index in [1.807, 2.05) is 18.7 Å². The summed E-state index contributed by atoms with van der Waals surface area (Å²) in [7, 11) is 0. The van der Waals surface area contributed by atoms with Crippen LogP contribution in [0.3, 0.4) is 0 Å². The highest BCUT2D eigenvalue weighted by atomic mass is 32.2. The molecule has 6 heteroatoms. The lowest BCUT2D eigenvalue weighted by molar-refractivity contribution is -0.137. The van der Waals surface area contributed by atoms with Crippen molar-refractivity contribution < 1.29 is 14.3 Å². The van der Waals surface area contributed by atoms with Crippen LogP contribution in [0, 0.1) is 5.92 Å². The summed E-state index contributed by atoms with van der Waals surface area (Å²) in [5.74, 6) is 3.10. The highest BCUT2D eigenvalue weighted by Crippen LogP contribution is 2.31. The number of hydrogen-bond donors (Lipinski definition) is 1. The van der Waals surface area contributed by atoms with Gasteiger partial charge >= 0.3 is 5.97 Å². The zero-order valence-electron chi connectivity index (χ0n) is 9.76. The van der Waals surface area contributed by atoms with Crippen LogP contribution in [0.15, 0.2) is 4.42 Å². The Labute approximate surface area is 104 Å². The van der Waals surface area contributed by atoms with E-state index in [-0.39, 0.29) is 12.3 Å². The second-order valence-electron chi connectivity index (χ2n) is 4.50. The molecule has 0 aliphatic carbocycles. The van der Waals surface area contributed by atoms with E-state index < -0.39 is 5.97 Å². The third kappa shape index (κ3) is 3.46. The summed E-state index contributed by atoms with van der Waals surface area (Å²) >= 11 is 1.90. The zero-order chi connectivity index (χ0) is 12.3. The molecule has 0 bridgehead atoms. The van der Waals surface area contributed by atoms with E-state index in [0.717, 1.165) is 17.9 Å². The van der Waals surface area contributed by atoms with Gasteiger partial charge in [-0.1, -0.05) is 6.92 Å². The number of carbonyl (C=O) groups is 1. The molecule has 5 nitrogen and oxygen atoms in total. The van der Waals surface area contributed by atoms with Crippen LogP contribution in [0.2, 0.25) is 0 Å². The van der Waals surface area contributed by atoms with Gasteiger partial charge in [-0.25, -0.2) is 0 Å². The first-order valence-electron chi connectivity index (χ1n) is 5.77. The van der Waals surface area contributed by atoms with Gasteiger partial charge in [0.15, 0.2) is 0 Å². The molecule has 1 aromatic rings. The molecule has 1 aromatic heterocycles. The molecule has 1 saturated heterocycles. The maximum Gasteiger partial charge on any atom is 0.303 e. The predicted molar refractivity (Wildman–Crippen MR) is 64.1 cm³/mol. The van der Waals surface area contributed by atoms with Crippen LogP contribution in [-0.2, 0) is 11.2 Å². The Hall–Kier alpha value is -1.04. The van der Waals surface area contributed by atoms with Gasteiger partial charge in [-0.3, -0.25) is 4.79 Å². The fourth-order valence-corrected chi connectivity index (χ4v) is 3.12. The largest absolute Gasteiger partial charge is 0.481 e. The SMILES string of the molecule is CC(CC(=O)O)Cc1nnc(C2CCSC2)o1. The molecule has 2 atom stereocenters. The Morgan fingerprint density at radius 1 is 1.65 bits per heavy atom. The summed E-state index contributed by atoms with van der Waals surface area (Å²) in [6, 6.07) is 0. The normalized spacial score (nSPS) is 21.6. The number of carboxylic acid groups (broad SMARTS) is 1. The number of thioether (sulfide) groups is 1. The van der Waals surface area contributed by atoms with Crippen molar-refractivity contribution in [2.45, 2.75) is 32.1 Å². The van der Waals surface area contributed by atoms with Gasteiger partial charge in [-0.05, 0) is 18.1 Å². The van der Waals surface area contributed by atoms with Crippen LogP contribution < -0.4 is 0 Å². The van der Waals surface area contributed by atoms with Crippen molar-refractivity contribution in [2.75, 3.05) is 11.5 Å². The lowest BCUT2D eigenvalue weighted by Gasteiger charge is -2.04. The molecule has 1 N–H and O–H groups in total. The molecule has 0 saturated carbocycles. The molecule has 94 valence electrons. The van der Waals surface area contributed by atoms with Crippen molar-refractivity contribution in [3.05, 3.63) is 11.8 Å². The van der Waals surface area contributed by atoms with Crippen molar-refractivity contribution >= 4 is 17.7 Å². The Morgan fingerprint density at radius 3 is 3.12 bits per heavy atom. The van der Waals surface area contributed by atoms with Gasteiger partial charge in [0.05, 0.1) is 0 Å². The van der Waals surface area contributed by atoms with Crippen molar-refractivity contribution in [1.29, 1.82) is 0 Å². The van der Waals surface area contributed by atoms with Gasteiger partial charge in [0.25, 0.3) is 0 Å². The Balaban J connectivity index is 1.91. The highest BCUT2D eigenvalue weighted by molar-refractivity contribution is 7.99. The third-order valence-electron chi connectivity index (χ3n) is 2.81. The fourth-order valence-electron chi connectivity index (χ4n) is 1.91. The van der Waals surface area contributed by atoms with Crippen LogP contribution in [0.4, 0.5) is 0 Å². The molecule has 1 aliphatic rings. The Bertz CT molecular complexity index is 388. The van der Waals surface area contributed by atoms with Gasteiger partial charge in [0.2, 0.25) is 11.8 Å². The van der Waals surface area contributed by atoms with Crippen molar-refractivity contribution in [3.8, 4) is 0 Å². The second kappa shape index (κ2) is 5.53. The third-order valence-corrected chi connectivity index (χ3v) is 3.97. The fraction of sp³-hybridized carbons (Fsp3) is 0.727.